The fourth-order valence-corrected chi connectivity index (χ4v) is 6.29. The predicted molar refractivity (Wildman–Crippen MR) is 233 cm³/mol. The molecule has 0 fully saturated rings. The van der Waals surface area contributed by atoms with E-state index >= 15 is 0 Å². The van der Waals surface area contributed by atoms with E-state index < -0.39 is 6.10 Å². The Morgan fingerprint density at radius 1 is 0.382 bits per heavy atom. The fraction of sp³-hybridized carbons (Fsp3) is 0.776. The fourth-order valence-electron chi connectivity index (χ4n) is 6.29. The van der Waals surface area contributed by atoms with Crippen molar-refractivity contribution in [1.29, 1.82) is 0 Å². The number of ether oxygens (including phenoxy) is 3. The Bertz CT molecular complexity index is 980. The Labute approximate surface area is 339 Å². The normalized spacial score (nSPS) is 12.4. The minimum Gasteiger partial charge on any atom is -0.462 e. The molecule has 0 saturated heterocycles. The van der Waals surface area contributed by atoms with Crippen LogP contribution in [0.5, 0.6) is 0 Å². The summed E-state index contributed by atoms with van der Waals surface area (Å²) in [5.41, 5.74) is 0. The van der Waals surface area contributed by atoms with Crippen LogP contribution >= 0.6 is 0 Å². The highest BCUT2D eigenvalue weighted by Gasteiger charge is 2.19. The maximum atomic E-state index is 12.7. The molecule has 0 radical (unpaired) electrons. The standard InChI is InChI=1S/C49H86O6/c1-4-7-10-13-16-19-21-23-25-27-30-33-36-39-42-48(51)54-45-46(44-53-47(50)41-38-35-32-29-18-15-12-9-6-3)55-49(52)43-40-37-34-31-28-26-24-22-20-17-14-11-8-5-2/h9,12,18,25-29,46H,4-8,10-11,13-17,19-24,30-45H2,1-3H3/b12-9-,27-25-,28-26-,29-18-. The van der Waals surface area contributed by atoms with Crippen LogP contribution in [0.4, 0.5) is 0 Å². The monoisotopic (exact) mass is 771 g/mol. The van der Waals surface area contributed by atoms with Crippen LogP contribution in [0.3, 0.4) is 0 Å². The molecule has 0 amide bonds. The molecular weight excluding hydrogens is 685 g/mol. The summed E-state index contributed by atoms with van der Waals surface area (Å²) in [4.78, 5) is 37.7. The van der Waals surface area contributed by atoms with Crippen LogP contribution in [-0.2, 0) is 28.6 Å². The number of unbranched alkanes of at least 4 members (excludes halogenated alkanes) is 22. The Morgan fingerprint density at radius 3 is 1.15 bits per heavy atom. The third-order valence-electron chi connectivity index (χ3n) is 9.79. The second-order valence-electron chi connectivity index (χ2n) is 15.3. The number of esters is 3. The Balaban J connectivity index is 4.42. The Morgan fingerprint density at radius 2 is 0.709 bits per heavy atom. The molecular formula is C49H86O6. The van der Waals surface area contributed by atoms with Crippen LogP contribution in [0.25, 0.3) is 0 Å². The molecule has 0 aliphatic carbocycles. The molecule has 0 N–H and O–H groups in total. The highest BCUT2D eigenvalue weighted by molar-refractivity contribution is 5.71. The van der Waals surface area contributed by atoms with Gasteiger partial charge < -0.3 is 14.2 Å². The van der Waals surface area contributed by atoms with E-state index in [1.165, 1.54) is 89.9 Å². The first-order valence-electron chi connectivity index (χ1n) is 23.1. The molecule has 0 saturated carbocycles. The smallest absolute Gasteiger partial charge is 0.306 e. The largest absolute Gasteiger partial charge is 0.462 e. The van der Waals surface area contributed by atoms with Crippen molar-refractivity contribution in [2.45, 2.75) is 232 Å². The molecule has 0 heterocycles. The van der Waals surface area contributed by atoms with Crippen molar-refractivity contribution in [3.8, 4) is 0 Å². The first kappa shape index (κ1) is 52.4. The van der Waals surface area contributed by atoms with Gasteiger partial charge in [0.05, 0.1) is 0 Å². The second kappa shape index (κ2) is 44.1. The summed E-state index contributed by atoms with van der Waals surface area (Å²) in [5, 5.41) is 0. The van der Waals surface area contributed by atoms with Crippen LogP contribution in [0.15, 0.2) is 48.6 Å². The summed E-state index contributed by atoms with van der Waals surface area (Å²) >= 11 is 0. The molecule has 0 rings (SSSR count). The third-order valence-corrected chi connectivity index (χ3v) is 9.79. The Kier molecular flexibility index (Phi) is 42.0. The average molecular weight is 771 g/mol. The lowest BCUT2D eigenvalue weighted by atomic mass is 10.1. The lowest BCUT2D eigenvalue weighted by Crippen LogP contribution is -2.30. The number of allylic oxidation sites excluding steroid dienone is 8. The molecule has 6 heteroatoms. The van der Waals surface area contributed by atoms with E-state index in [1.54, 1.807) is 0 Å². The van der Waals surface area contributed by atoms with Crippen molar-refractivity contribution in [2.24, 2.45) is 0 Å². The van der Waals surface area contributed by atoms with Crippen LogP contribution in [0.1, 0.15) is 226 Å². The SMILES string of the molecule is CC/C=C\C/C=C\CCCCC(=O)OCC(COC(=O)CCCCC/C=C\CCCCCCCCC)OC(=O)CCCCC/C=C\CCCCCCCCC. The summed E-state index contributed by atoms with van der Waals surface area (Å²) in [5.74, 6) is -0.967. The van der Waals surface area contributed by atoms with Gasteiger partial charge in [0.25, 0.3) is 0 Å². The van der Waals surface area contributed by atoms with E-state index in [1.807, 2.05) is 0 Å². The molecule has 0 spiro atoms. The number of carbonyl (C=O) groups excluding carboxylic acids is 3. The number of hydrogen-bond acceptors (Lipinski definition) is 6. The van der Waals surface area contributed by atoms with E-state index in [4.69, 9.17) is 14.2 Å². The van der Waals surface area contributed by atoms with Crippen LogP contribution in [0.2, 0.25) is 0 Å². The minimum atomic E-state index is -0.796. The Hall–Kier alpha value is -2.63. The molecule has 0 aromatic rings. The van der Waals surface area contributed by atoms with E-state index in [9.17, 15) is 14.4 Å². The molecule has 0 aliphatic heterocycles. The van der Waals surface area contributed by atoms with Gasteiger partial charge in [-0.3, -0.25) is 14.4 Å². The highest BCUT2D eigenvalue weighted by Crippen LogP contribution is 2.13. The van der Waals surface area contributed by atoms with Crippen molar-refractivity contribution >= 4 is 17.9 Å². The van der Waals surface area contributed by atoms with E-state index in [0.717, 1.165) is 96.3 Å². The topological polar surface area (TPSA) is 78.9 Å². The average Bonchev–Trinajstić information content (AvgIpc) is 3.18. The van der Waals surface area contributed by atoms with Gasteiger partial charge in [0.15, 0.2) is 6.10 Å². The van der Waals surface area contributed by atoms with Gasteiger partial charge >= 0.3 is 17.9 Å². The number of carbonyl (C=O) groups is 3. The third kappa shape index (κ3) is 42.4. The van der Waals surface area contributed by atoms with Gasteiger partial charge in [0.1, 0.15) is 13.2 Å². The molecule has 0 aliphatic rings. The lowest BCUT2D eigenvalue weighted by Gasteiger charge is -2.18. The summed E-state index contributed by atoms with van der Waals surface area (Å²) in [6, 6.07) is 0. The zero-order valence-corrected chi connectivity index (χ0v) is 36.2. The molecule has 318 valence electrons. The molecule has 55 heavy (non-hydrogen) atoms. The van der Waals surface area contributed by atoms with Crippen LogP contribution in [-0.4, -0.2) is 37.2 Å². The predicted octanol–water partition coefficient (Wildman–Crippen LogP) is 14.8. The van der Waals surface area contributed by atoms with E-state index in [-0.39, 0.29) is 31.1 Å². The van der Waals surface area contributed by atoms with Gasteiger partial charge in [0.2, 0.25) is 0 Å². The molecule has 6 nitrogen and oxygen atoms in total. The summed E-state index contributed by atoms with van der Waals surface area (Å²) in [6.07, 6.45) is 51.1. The zero-order valence-electron chi connectivity index (χ0n) is 36.2. The second-order valence-corrected chi connectivity index (χ2v) is 15.3. The quantitative estimate of drug-likeness (QED) is 0.0267. The summed E-state index contributed by atoms with van der Waals surface area (Å²) < 4.78 is 16.6. The molecule has 1 unspecified atom stereocenters. The van der Waals surface area contributed by atoms with Gasteiger partial charge in [0, 0.05) is 19.3 Å². The van der Waals surface area contributed by atoms with Gasteiger partial charge in [-0.1, -0.05) is 159 Å². The van der Waals surface area contributed by atoms with Crippen molar-refractivity contribution in [2.75, 3.05) is 13.2 Å². The van der Waals surface area contributed by atoms with E-state index in [0.29, 0.717) is 19.3 Å². The van der Waals surface area contributed by atoms with Crippen molar-refractivity contribution in [3.63, 3.8) is 0 Å². The van der Waals surface area contributed by atoms with Gasteiger partial charge in [-0.25, -0.2) is 0 Å². The number of hydrogen-bond donors (Lipinski definition) is 0. The molecule has 0 bridgehead atoms. The van der Waals surface area contributed by atoms with Crippen LogP contribution < -0.4 is 0 Å². The van der Waals surface area contributed by atoms with Gasteiger partial charge in [-0.05, 0) is 96.3 Å². The van der Waals surface area contributed by atoms with Crippen molar-refractivity contribution < 1.29 is 28.6 Å². The summed E-state index contributed by atoms with van der Waals surface area (Å²) in [6.45, 7) is 6.44. The first-order chi connectivity index (χ1) is 27.0. The zero-order chi connectivity index (χ0) is 40.1. The van der Waals surface area contributed by atoms with Gasteiger partial charge in [-0.15, -0.1) is 0 Å². The van der Waals surface area contributed by atoms with Gasteiger partial charge in [-0.2, -0.15) is 0 Å². The molecule has 0 aromatic heterocycles. The highest BCUT2D eigenvalue weighted by atomic mass is 16.6. The van der Waals surface area contributed by atoms with Crippen molar-refractivity contribution in [3.05, 3.63) is 48.6 Å². The van der Waals surface area contributed by atoms with Crippen molar-refractivity contribution in [1.82, 2.24) is 0 Å². The minimum absolute atomic E-state index is 0.0972. The molecule has 1 atom stereocenters. The maximum Gasteiger partial charge on any atom is 0.306 e. The van der Waals surface area contributed by atoms with E-state index in [2.05, 4.69) is 69.4 Å². The molecule has 0 aromatic carbocycles. The lowest BCUT2D eigenvalue weighted by molar-refractivity contribution is -0.167. The first-order valence-corrected chi connectivity index (χ1v) is 23.1. The number of rotatable bonds is 41. The maximum absolute atomic E-state index is 12.7. The van der Waals surface area contributed by atoms with Crippen LogP contribution in [0, 0.1) is 0 Å². The summed E-state index contributed by atoms with van der Waals surface area (Å²) in [7, 11) is 0.